The Bertz CT molecular complexity index is 384. The number of anilines is 1. The van der Waals surface area contributed by atoms with Gasteiger partial charge in [0.05, 0.1) is 11.2 Å². The van der Waals surface area contributed by atoms with Gasteiger partial charge < -0.3 is 5.73 Å². The molecule has 0 aliphatic carbocycles. The van der Waals surface area contributed by atoms with Crippen LogP contribution in [-0.2, 0) is 6.42 Å². The van der Waals surface area contributed by atoms with E-state index in [0.29, 0.717) is 5.82 Å². The van der Waals surface area contributed by atoms with Crippen molar-refractivity contribution in [2.24, 2.45) is 0 Å². The SMILES string of the molecule is Nc1ncccc1Cc1cscn1. The van der Waals surface area contributed by atoms with Crippen LogP contribution in [0.2, 0.25) is 0 Å². The van der Waals surface area contributed by atoms with Gasteiger partial charge in [0.15, 0.2) is 0 Å². The average Bonchev–Trinajstić information content (AvgIpc) is 2.61. The number of nitrogen functional groups attached to an aromatic ring is 1. The van der Waals surface area contributed by atoms with Gasteiger partial charge in [0.2, 0.25) is 0 Å². The number of pyridine rings is 1. The van der Waals surface area contributed by atoms with Crippen molar-refractivity contribution in [1.29, 1.82) is 0 Å². The molecular formula is C9H9N3S. The van der Waals surface area contributed by atoms with Crippen LogP contribution in [-0.4, -0.2) is 9.97 Å². The lowest BCUT2D eigenvalue weighted by Gasteiger charge is -2.00. The fourth-order valence-corrected chi connectivity index (χ4v) is 1.68. The molecule has 0 aliphatic heterocycles. The molecule has 4 heteroatoms. The van der Waals surface area contributed by atoms with E-state index < -0.39 is 0 Å². The van der Waals surface area contributed by atoms with Crippen molar-refractivity contribution in [3.8, 4) is 0 Å². The van der Waals surface area contributed by atoms with Crippen LogP contribution in [0.5, 0.6) is 0 Å². The molecule has 0 atom stereocenters. The van der Waals surface area contributed by atoms with Gasteiger partial charge in [0.1, 0.15) is 5.82 Å². The second-order valence-corrected chi connectivity index (χ2v) is 3.42. The summed E-state index contributed by atoms with van der Waals surface area (Å²) in [6.45, 7) is 0. The molecule has 13 heavy (non-hydrogen) atoms. The fraction of sp³-hybridized carbons (Fsp3) is 0.111. The minimum atomic E-state index is 0.593. The third kappa shape index (κ3) is 1.84. The van der Waals surface area contributed by atoms with Gasteiger partial charge >= 0.3 is 0 Å². The molecule has 3 nitrogen and oxygen atoms in total. The molecule has 66 valence electrons. The second-order valence-electron chi connectivity index (χ2n) is 2.70. The summed E-state index contributed by atoms with van der Waals surface area (Å²) in [4.78, 5) is 8.20. The van der Waals surface area contributed by atoms with Crippen LogP contribution in [0.3, 0.4) is 0 Å². The Balaban J connectivity index is 2.24. The van der Waals surface area contributed by atoms with Crippen LogP contribution < -0.4 is 5.73 Å². The van der Waals surface area contributed by atoms with Gasteiger partial charge in [-0.3, -0.25) is 0 Å². The molecule has 0 aliphatic rings. The number of aromatic nitrogens is 2. The van der Waals surface area contributed by atoms with E-state index in [4.69, 9.17) is 5.73 Å². The molecule has 0 unspecified atom stereocenters. The van der Waals surface area contributed by atoms with Crippen LogP contribution in [0, 0.1) is 0 Å². The Morgan fingerprint density at radius 2 is 2.31 bits per heavy atom. The van der Waals surface area contributed by atoms with Crippen molar-refractivity contribution >= 4 is 17.2 Å². The largest absolute Gasteiger partial charge is 0.383 e. The molecule has 0 saturated carbocycles. The van der Waals surface area contributed by atoms with E-state index in [9.17, 15) is 0 Å². The first kappa shape index (κ1) is 8.19. The Kier molecular flexibility index (Phi) is 2.23. The molecule has 2 heterocycles. The number of thiazole rings is 1. The molecule has 0 bridgehead atoms. The van der Waals surface area contributed by atoms with Gasteiger partial charge in [-0.2, -0.15) is 0 Å². The standard InChI is InChI=1S/C9H9N3S/c10-9-7(2-1-3-11-9)4-8-5-13-6-12-8/h1-3,5-6H,4H2,(H2,10,11). The number of rotatable bonds is 2. The maximum atomic E-state index is 5.70. The van der Waals surface area contributed by atoms with Crippen molar-refractivity contribution in [3.05, 3.63) is 40.5 Å². The molecule has 2 rings (SSSR count). The molecule has 0 aromatic carbocycles. The zero-order valence-corrected chi connectivity index (χ0v) is 7.79. The number of hydrogen-bond donors (Lipinski definition) is 1. The predicted octanol–water partition coefficient (Wildman–Crippen LogP) is 1.71. The zero-order valence-electron chi connectivity index (χ0n) is 6.97. The Hall–Kier alpha value is -1.42. The highest BCUT2D eigenvalue weighted by molar-refractivity contribution is 7.07. The highest BCUT2D eigenvalue weighted by Crippen LogP contribution is 2.13. The van der Waals surface area contributed by atoms with Gasteiger partial charge in [0.25, 0.3) is 0 Å². The number of nitrogens with two attached hydrogens (primary N) is 1. The normalized spacial score (nSPS) is 10.2. The highest BCUT2D eigenvalue weighted by atomic mass is 32.1. The fourth-order valence-electron chi connectivity index (χ4n) is 1.12. The van der Waals surface area contributed by atoms with Crippen molar-refractivity contribution in [1.82, 2.24) is 9.97 Å². The van der Waals surface area contributed by atoms with E-state index in [1.54, 1.807) is 17.5 Å². The van der Waals surface area contributed by atoms with Crippen LogP contribution >= 0.6 is 11.3 Å². The third-order valence-corrected chi connectivity index (χ3v) is 2.42. The Morgan fingerprint density at radius 3 is 3.00 bits per heavy atom. The second kappa shape index (κ2) is 3.53. The van der Waals surface area contributed by atoms with E-state index in [2.05, 4.69) is 9.97 Å². The van der Waals surface area contributed by atoms with Gasteiger partial charge in [0, 0.05) is 23.6 Å². The molecule has 0 radical (unpaired) electrons. The van der Waals surface area contributed by atoms with E-state index >= 15 is 0 Å². The summed E-state index contributed by atoms with van der Waals surface area (Å²) in [6.07, 6.45) is 2.46. The van der Waals surface area contributed by atoms with Gasteiger partial charge in [-0.1, -0.05) is 6.07 Å². The lowest BCUT2D eigenvalue weighted by atomic mass is 10.1. The molecular weight excluding hydrogens is 182 g/mol. The van der Waals surface area contributed by atoms with E-state index in [0.717, 1.165) is 17.7 Å². The molecule has 0 amide bonds. The maximum absolute atomic E-state index is 5.70. The predicted molar refractivity (Wildman–Crippen MR) is 53.6 cm³/mol. The lowest BCUT2D eigenvalue weighted by Crippen LogP contribution is -1.97. The van der Waals surface area contributed by atoms with Crippen molar-refractivity contribution in [2.75, 3.05) is 5.73 Å². The van der Waals surface area contributed by atoms with Crippen LogP contribution in [0.15, 0.2) is 29.2 Å². The van der Waals surface area contributed by atoms with Gasteiger partial charge in [-0.05, 0) is 6.07 Å². The first-order valence-electron chi connectivity index (χ1n) is 3.92. The number of hydrogen-bond acceptors (Lipinski definition) is 4. The minimum absolute atomic E-state index is 0.593. The molecule has 2 N–H and O–H groups in total. The molecule has 2 aromatic rings. The summed E-state index contributed by atoms with van der Waals surface area (Å²) in [7, 11) is 0. The summed E-state index contributed by atoms with van der Waals surface area (Å²) in [5.74, 6) is 0.593. The van der Waals surface area contributed by atoms with Gasteiger partial charge in [-0.25, -0.2) is 9.97 Å². The van der Waals surface area contributed by atoms with Crippen molar-refractivity contribution in [2.45, 2.75) is 6.42 Å². The average molecular weight is 191 g/mol. The lowest BCUT2D eigenvalue weighted by molar-refractivity contribution is 1.09. The molecule has 0 saturated heterocycles. The monoisotopic (exact) mass is 191 g/mol. The summed E-state index contributed by atoms with van der Waals surface area (Å²) < 4.78 is 0. The summed E-state index contributed by atoms with van der Waals surface area (Å²) in [5.41, 5.74) is 9.60. The maximum Gasteiger partial charge on any atom is 0.126 e. The quantitative estimate of drug-likeness (QED) is 0.786. The summed E-state index contributed by atoms with van der Waals surface area (Å²) in [6, 6.07) is 3.86. The number of nitrogens with zero attached hydrogens (tertiary/aromatic N) is 2. The zero-order chi connectivity index (χ0) is 9.10. The van der Waals surface area contributed by atoms with Crippen molar-refractivity contribution < 1.29 is 0 Å². The van der Waals surface area contributed by atoms with Gasteiger partial charge in [-0.15, -0.1) is 11.3 Å². The third-order valence-electron chi connectivity index (χ3n) is 1.78. The smallest absolute Gasteiger partial charge is 0.126 e. The summed E-state index contributed by atoms with van der Waals surface area (Å²) in [5, 5.41) is 2.02. The van der Waals surface area contributed by atoms with Crippen LogP contribution in [0.25, 0.3) is 0 Å². The minimum Gasteiger partial charge on any atom is -0.383 e. The van der Waals surface area contributed by atoms with E-state index in [-0.39, 0.29) is 0 Å². The highest BCUT2D eigenvalue weighted by Gasteiger charge is 2.01. The van der Waals surface area contributed by atoms with Crippen molar-refractivity contribution in [3.63, 3.8) is 0 Å². The van der Waals surface area contributed by atoms with Crippen LogP contribution in [0.4, 0.5) is 5.82 Å². The first-order valence-corrected chi connectivity index (χ1v) is 4.87. The Labute approximate surface area is 80.3 Å². The molecule has 0 fully saturated rings. The van der Waals surface area contributed by atoms with E-state index in [1.807, 2.05) is 23.0 Å². The Morgan fingerprint density at radius 1 is 1.38 bits per heavy atom. The molecule has 0 spiro atoms. The first-order chi connectivity index (χ1) is 6.36. The summed E-state index contributed by atoms with van der Waals surface area (Å²) >= 11 is 1.59. The molecule has 2 aromatic heterocycles. The van der Waals surface area contributed by atoms with E-state index in [1.165, 1.54) is 0 Å². The van der Waals surface area contributed by atoms with Crippen LogP contribution in [0.1, 0.15) is 11.3 Å². The topological polar surface area (TPSA) is 51.8 Å².